The maximum absolute atomic E-state index is 12.2. The fourth-order valence-electron chi connectivity index (χ4n) is 2.45. The van der Waals surface area contributed by atoms with Crippen LogP contribution >= 0.6 is 22.7 Å². The Morgan fingerprint density at radius 3 is 2.72 bits per heavy atom. The van der Waals surface area contributed by atoms with Crippen LogP contribution in [-0.4, -0.2) is 36.6 Å². The van der Waals surface area contributed by atoms with Crippen molar-refractivity contribution in [3.63, 3.8) is 0 Å². The number of urea groups is 1. The molecular formula is C18H20N4OS2. The van der Waals surface area contributed by atoms with Gasteiger partial charge in [-0.2, -0.15) is 11.3 Å². The third-order valence-electron chi connectivity index (χ3n) is 3.77. The lowest BCUT2D eigenvalue weighted by atomic mass is 10.1. The molecule has 0 fully saturated rings. The van der Waals surface area contributed by atoms with E-state index in [9.17, 15) is 4.79 Å². The maximum Gasteiger partial charge on any atom is 0.319 e. The van der Waals surface area contributed by atoms with Crippen molar-refractivity contribution in [2.45, 2.75) is 6.04 Å². The predicted molar refractivity (Wildman–Crippen MR) is 105 cm³/mol. The molecule has 1 atom stereocenters. The van der Waals surface area contributed by atoms with Crippen molar-refractivity contribution in [2.75, 3.05) is 26.0 Å². The third-order valence-corrected chi connectivity index (χ3v) is 5.43. The van der Waals surface area contributed by atoms with Gasteiger partial charge in [-0.05, 0) is 36.5 Å². The molecule has 3 rings (SSSR count). The molecule has 0 aliphatic carbocycles. The zero-order valence-electron chi connectivity index (χ0n) is 14.1. The minimum Gasteiger partial charge on any atom is -0.336 e. The molecule has 25 heavy (non-hydrogen) atoms. The van der Waals surface area contributed by atoms with Gasteiger partial charge < -0.3 is 10.2 Å². The average Bonchev–Trinajstić information content (AvgIpc) is 3.28. The van der Waals surface area contributed by atoms with Crippen molar-refractivity contribution < 1.29 is 4.79 Å². The van der Waals surface area contributed by atoms with E-state index in [0.29, 0.717) is 6.54 Å². The van der Waals surface area contributed by atoms with Crippen molar-refractivity contribution in [2.24, 2.45) is 0 Å². The molecule has 7 heteroatoms. The lowest BCUT2D eigenvalue weighted by Gasteiger charge is -2.23. The quantitative estimate of drug-likeness (QED) is 0.678. The SMILES string of the molecule is CN(C)C(CNC(=O)Nc1cnc(-c2ccccc2)s1)c1ccsc1. The molecule has 1 aromatic carbocycles. The number of aromatic nitrogens is 1. The van der Waals surface area contributed by atoms with E-state index < -0.39 is 0 Å². The summed E-state index contributed by atoms with van der Waals surface area (Å²) in [6.07, 6.45) is 1.69. The van der Waals surface area contributed by atoms with Crippen molar-refractivity contribution in [1.29, 1.82) is 0 Å². The number of likely N-dealkylation sites (N-methyl/N-ethyl adjacent to an activating group) is 1. The standard InChI is InChI=1S/C18H20N4OS2/c1-22(2)15(14-8-9-24-12-14)10-20-18(23)21-16-11-19-17(25-16)13-6-4-3-5-7-13/h3-9,11-12,15H,10H2,1-2H3,(H2,20,21,23). The van der Waals surface area contributed by atoms with Gasteiger partial charge in [0.15, 0.2) is 0 Å². The van der Waals surface area contributed by atoms with Crippen LogP contribution in [0.1, 0.15) is 11.6 Å². The van der Waals surface area contributed by atoms with Gasteiger partial charge in [0.1, 0.15) is 10.0 Å². The van der Waals surface area contributed by atoms with Gasteiger partial charge in [-0.1, -0.05) is 41.7 Å². The molecule has 1 unspecified atom stereocenters. The Morgan fingerprint density at radius 2 is 2.04 bits per heavy atom. The number of carbonyl (C=O) groups is 1. The van der Waals surface area contributed by atoms with Crippen LogP contribution in [0.15, 0.2) is 53.4 Å². The van der Waals surface area contributed by atoms with Gasteiger partial charge in [-0.3, -0.25) is 5.32 Å². The minimum atomic E-state index is -0.217. The van der Waals surface area contributed by atoms with Crippen molar-refractivity contribution >= 4 is 33.7 Å². The summed E-state index contributed by atoms with van der Waals surface area (Å²) in [6, 6.07) is 12.0. The molecule has 2 N–H and O–H groups in total. The van der Waals surface area contributed by atoms with Crippen LogP contribution in [0.25, 0.3) is 10.6 Å². The van der Waals surface area contributed by atoms with Gasteiger partial charge in [-0.25, -0.2) is 9.78 Å². The van der Waals surface area contributed by atoms with Gasteiger partial charge in [-0.15, -0.1) is 0 Å². The molecule has 0 saturated heterocycles. The highest BCUT2D eigenvalue weighted by molar-refractivity contribution is 7.19. The summed E-state index contributed by atoms with van der Waals surface area (Å²) in [5.74, 6) is 0. The molecule has 0 spiro atoms. The second-order valence-corrected chi connectivity index (χ2v) is 7.58. The number of amides is 2. The smallest absolute Gasteiger partial charge is 0.319 e. The second kappa shape index (κ2) is 8.24. The Balaban J connectivity index is 1.57. The molecule has 2 amide bonds. The maximum atomic E-state index is 12.2. The minimum absolute atomic E-state index is 0.151. The molecule has 0 saturated carbocycles. The zero-order valence-corrected chi connectivity index (χ0v) is 15.7. The lowest BCUT2D eigenvalue weighted by molar-refractivity contribution is 0.243. The van der Waals surface area contributed by atoms with Gasteiger partial charge in [0.05, 0.1) is 12.2 Å². The molecule has 0 aliphatic rings. The predicted octanol–water partition coefficient (Wildman–Crippen LogP) is 4.30. The Hall–Kier alpha value is -2.22. The summed E-state index contributed by atoms with van der Waals surface area (Å²) in [6.45, 7) is 0.542. The van der Waals surface area contributed by atoms with Crippen LogP contribution in [0.4, 0.5) is 9.80 Å². The summed E-state index contributed by atoms with van der Waals surface area (Å²) in [7, 11) is 4.02. The highest BCUT2D eigenvalue weighted by atomic mass is 32.1. The number of thiophene rings is 1. The van der Waals surface area contributed by atoms with E-state index in [1.54, 1.807) is 17.5 Å². The summed E-state index contributed by atoms with van der Waals surface area (Å²) in [5.41, 5.74) is 2.26. The molecule has 0 radical (unpaired) electrons. The molecule has 3 aromatic rings. The van der Waals surface area contributed by atoms with Crippen LogP contribution in [0.3, 0.4) is 0 Å². The summed E-state index contributed by atoms with van der Waals surface area (Å²) in [5, 5.41) is 11.6. The largest absolute Gasteiger partial charge is 0.336 e. The number of rotatable bonds is 6. The van der Waals surface area contributed by atoms with Gasteiger partial charge in [0, 0.05) is 12.1 Å². The van der Waals surface area contributed by atoms with E-state index in [0.717, 1.165) is 15.6 Å². The molecule has 2 aromatic heterocycles. The van der Waals surface area contributed by atoms with Crippen molar-refractivity contribution in [1.82, 2.24) is 15.2 Å². The number of benzene rings is 1. The van der Waals surface area contributed by atoms with Crippen molar-refractivity contribution in [3.8, 4) is 10.6 Å². The van der Waals surface area contributed by atoms with Crippen LogP contribution in [-0.2, 0) is 0 Å². The first kappa shape index (κ1) is 17.6. The number of nitrogens with one attached hydrogen (secondary N) is 2. The van der Waals surface area contributed by atoms with Crippen LogP contribution in [0, 0.1) is 0 Å². The number of hydrogen-bond acceptors (Lipinski definition) is 5. The Bertz CT molecular complexity index is 800. The van der Waals surface area contributed by atoms with E-state index in [-0.39, 0.29) is 12.1 Å². The van der Waals surface area contributed by atoms with E-state index in [1.807, 2.05) is 49.8 Å². The van der Waals surface area contributed by atoms with Gasteiger partial charge >= 0.3 is 6.03 Å². The fourth-order valence-corrected chi connectivity index (χ4v) is 3.98. The van der Waals surface area contributed by atoms with Crippen LogP contribution in [0.5, 0.6) is 0 Å². The number of anilines is 1. The summed E-state index contributed by atoms with van der Waals surface area (Å²) < 4.78 is 0. The first-order valence-electron chi connectivity index (χ1n) is 7.88. The molecular weight excluding hydrogens is 352 g/mol. The zero-order chi connectivity index (χ0) is 17.6. The third kappa shape index (κ3) is 4.66. The number of nitrogens with zero attached hydrogens (tertiary/aromatic N) is 2. The molecule has 2 heterocycles. The summed E-state index contributed by atoms with van der Waals surface area (Å²) >= 11 is 3.12. The number of thiazole rings is 1. The highest BCUT2D eigenvalue weighted by Gasteiger charge is 2.16. The number of carbonyl (C=O) groups excluding carboxylic acids is 1. The van der Waals surface area contributed by atoms with E-state index in [1.165, 1.54) is 16.9 Å². The summed E-state index contributed by atoms with van der Waals surface area (Å²) in [4.78, 5) is 18.7. The average molecular weight is 373 g/mol. The van der Waals surface area contributed by atoms with Crippen LogP contribution in [0.2, 0.25) is 0 Å². The first-order valence-corrected chi connectivity index (χ1v) is 9.64. The second-order valence-electron chi connectivity index (χ2n) is 5.77. The topological polar surface area (TPSA) is 57.3 Å². The molecule has 0 bridgehead atoms. The Kier molecular flexibility index (Phi) is 5.80. The van der Waals surface area contributed by atoms with E-state index >= 15 is 0 Å². The van der Waals surface area contributed by atoms with Gasteiger partial charge in [0.2, 0.25) is 0 Å². The van der Waals surface area contributed by atoms with E-state index in [4.69, 9.17) is 0 Å². The fraction of sp³-hybridized carbons (Fsp3) is 0.222. The highest BCUT2D eigenvalue weighted by Crippen LogP contribution is 2.28. The molecule has 0 aliphatic heterocycles. The van der Waals surface area contributed by atoms with Crippen LogP contribution < -0.4 is 10.6 Å². The lowest BCUT2D eigenvalue weighted by Crippen LogP contribution is -2.36. The molecule has 130 valence electrons. The Labute approximate surface area is 155 Å². The number of hydrogen-bond donors (Lipinski definition) is 2. The molecule has 5 nitrogen and oxygen atoms in total. The first-order chi connectivity index (χ1) is 12.1. The Morgan fingerprint density at radius 1 is 1.24 bits per heavy atom. The normalized spacial score (nSPS) is 12.1. The van der Waals surface area contributed by atoms with E-state index in [2.05, 4.69) is 32.0 Å². The van der Waals surface area contributed by atoms with Crippen molar-refractivity contribution in [3.05, 3.63) is 58.9 Å². The van der Waals surface area contributed by atoms with Gasteiger partial charge in [0.25, 0.3) is 0 Å². The monoisotopic (exact) mass is 372 g/mol.